The smallest absolute Gasteiger partial charge is 0.243 e. The number of rotatable bonds is 9. The molecule has 0 bridgehead atoms. The number of tetrazole rings is 1. The van der Waals surface area contributed by atoms with Gasteiger partial charge in [-0.25, -0.2) is 9.07 Å². The second-order valence-corrected chi connectivity index (χ2v) is 6.00. The number of ether oxygens (including phenoxy) is 1. The van der Waals surface area contributed by atoms with E-state index in [9.17, 15) is 4.39 Å². The zero-order chi connectivity index (χ0) is 18.2. The summed E-state index contributed by atoms with van der Waals surface area (Å²) in [5.74, 6) is 1.18. The molecule has 0 spiro atoms. The topological polar surface area (TPSA) is 64.9 Å². The molecular weight excluding hydrogens is 333 g/mol. The quantitative estimate of drug-likeness (QED) is 0.632. The number of aryl methyl sites for hydroxylation is 1. The van der Waals surface area contributed by atoms with Gasteiger partial charge in [-0.3, -0.25) is 0 Å². The van der Waals surface area contributed by atoms with E-state index in [0.29, 0.717) is 19.1 Å². The lowest BCUT2D eigenvalue weighted by molar-refractivity contribution is 0.306. The Balaban J connectivity index is 1.55. The largest absolute Gasteiger partial charge is 0.489 e. The summed E-state index contributed by atoms with van der Waals surface area (Å²) in [6.45, 7) is 3.92. The number of anilines is 1. The van der Waals surface area contributed by atoms with Crippen molar-refractivity contribution in [2.24, 2.45) is 0 Å². The predicted molar refractivity (Wildman–Crippen MR) is 97.2 cm³/mol. The van der Waals surface area contributed by atoms with Crippen LogP contribution in [-0.4, -0.2) is 20.2 Å². The first-order valence-electron chi connectivity index (χ1n) is 8.71. The van der Waals surface area contributed by atoms with E-state index in [1.807, 2.05) is 24.3 Å². The van der Waals surface area contributed by atoms with Gasteiger partial charge in [0.2, 0.25) is 5.95 Å². The molecule has 0 aliphatic rings. The van der Waals surface area contributed by atoms with Gasteiger partial charge in [0.15, 0.2) is 0 Å². The lowest BCUT2D eigenvalue weighted by atomic mass is 10.2. The van der Waals surface area contributed by atoms with Gasteiger partial charge >= 0.3 is 0 Å². The molecule has 0 unspecified atom stereocenters. The third-order valence-corrected chi connectivity index (χ3v) is 3.92. The number of benzene rings is 2. The van der Waals surface area contributed by atoms with Crippen LogP contribution >= 0.6 is 0 Å². The van der Waals surface area contributed by atoms with Crippen LogP contribution in [0, 0.1) is 5.82 Å². The third kappa shape index (κ3) is 5.02. The van der Waals surface area contributed by atoms with Crippen molar-refractivity contribution in [1.82, 2.24) is 20.2 Å². The van der Waals surface area contributed by atoms with Crippen molar-refractivity contribution in [2.75, 3.05) is 5.32 Å². The minimum atomic E-state index is -0.247. The summed E-state index contributed by atoms with van der Waals surface area (Å²) in [5, 5.41) is 15.0. The van der Waals surface area contributed by atoms with Gasteiger partial charge < -0.3 is 10.1 Å². The van der Waals surface area contributed by atoms with Crippen LogP contribution in [0.2, 0.25) is 0 Å². The molecule has 136 valence electrons. The summed E-state index contributed by atoms with van der Waals surface area (Å²) in [7, 11) is 0. The molecule has 2 aromatic carbocycles. The van der Waals surface area contributed by atoms with E-state index in [1.165, 1.54) is 12.1 Å². The van der Waals surface area contributed by atoms with Gasteiger partial charge in [-0.1, -0.05) is 42.7 Å². The first-order chi connectivity index (χ1) is 12.7. The van der Waals surface area contributed by atoms with Gasteiger partial charge in [0.05, 0.1) is 0 Å². The highest BCUT2D eigenvalue weighted by Gasteiger charge is 2.05. The molecule has 3 rings (SSSR count). The molecule has 0 saturated heterocycles. The van der Waals surface area contributed by atoms with Crippen molar-refractivity contribution in [3.05, 3.63) is 65.5 Å². The van der Waals surface area contributed by atoms with Crippen molar-refractivity contribution < 1.29 is 9.13 Å². The number of halogens is 1. The van der Waals surface area contributed by atoms with Crippen molar-refractivity contribution in [2.45, 2.75) is 39.5 Å². The Bertz CT molecular complexity index is 819. The number of nitrogens with zero attached hydrogens (tertiary/aromatic N) is 4. The highest BCUT2D eigenvalue weighted by Crippen LogP contribution is 2.16. The van der Waals surface area contributed by atoms with Crippen molar-refractivity contribution in [1.29, 1.82) is 0 Å². The summed E-state index contributed by atoms with van der Waals surface area (Å²) >= 11 is 0. The van der Waals surface area contributed by atoms with Gasteiger partial charge in [0.1, 0.15) is 18.2 Å². The first-order valence-corrected chi connectivity index (χ1v) is 8.71. The van der Waals surface area contributed by atoms with E-state index in [-0.39, 0.29) is 5.82 Å². The molecular formula is C19H22FN5O. The molecule has 1 heterocycles. The van der Waals surface area contributed by atoms with Crippen molar-refractivity contribution in [3.8, 4) is 5.75 Å². The fourth-order valence-electron chi connectivity index (χ4n) is 2.46. The maximum absolute atomic E-state index is 12.9. The molecule has 0 saturated carbocycles. The van der Waals surface area contributed by atoms with Crippen LogP contribution < -0.4 is 10.1 Å². The van der Waals surface area contributed by atoms with Crippen LogP contribution in [0.1, 0.15) is 30.9 Å². The lowest BCUT2D eigenvalue weighted by Crippen LogP contribution is -2.09. The highest BCUT2D eigenvalue weighted by molar-refractivity contribution is 5.32. The van der Waals surface area contributed by atoms with Crippen LogP contribution in [0.5, 0.6) is 5.75 Å². The summed E-state index contributed by atoms with van der Waals surface area (Å²) in [4.78, 5) is 0. The predicted octanol–water partition coefficient (Wildman–Crippen LogP) is 3.80. The van der Waals surface area contributed by atoms with E-state index in [1.54, 1.807) is 16.8 Å². The Labute approximate surface area is 152 Å². The SMILES string of the molecule is CCCCn1nnnc1NCc1cccc(OCc2ccc(F)cc2)c1. The fourth-order valence-corrected chi connectivity index (χ4v) is 2.46. The number of aromatic nitrogens is 4. The van der Waals surface area contributed by atoms with Gasteiger partial charge in [0.25, 0.3) is 0 Å². The zero-order valence-corrected chi connectivity index (χ0v) is 14.7. The first kappa shape index (κ1) is 17.8. The molecule has 26 heavy (non-hydrogen) atoms. The standard InChI is InChI=1S/C19H22FN5O/c1-2-3-11-25-19(22-23-24-25)21-13-16-5-4-6-18(12-16)26-14-15-7-9-17(20)10-8-15/h4-10,12H,2-3,11,13-14H2,1H3,(H,21,22,24). The van der Waals surface area contributed by atoms with E-state index < -0.39 is 0 Å². The lowest BCUT2D eigenvalue weighted by Gasteiger charge is -2.10. The summed E-state index contributed by atoms with van der Waals surface area (Å²) in [6.07, 6.45) is 2.12. The number of unbranched alkanes of at least 4 members (excludes halogenated alkanes) is 1. The molecule has 0 aliphatic carbocycles. The molecule has 1 aromatic heterocycles. The van der Waals surface area contributed by atoms with Gasteiger partial charge in [-0.2, -0.15) is 0 Å². The molecule has 0 fully saturated rings. The Morgan fingerprint density at radius 1 is 1.12 bits per heavy atom. The molecule has 1 N–H and O–H groups in total. The Hall–Kier alpha value is -2.96. The second kappa shape index (κ2) is 8.94. The minimum absolute atomic E-state index is 0.247. The van der Waals surface area contributed by atoms with Crippen molar-refractivity contribution >= 4 is 5.95 Å². The van der Waals surface area contributed by atoms with Crippen LogP contribution in [0.3, 0.4) is 0 Å². The fraction of sp³-hybridized carbons (Fsp3) is 0.316. The monoisotopic (exact) mass is 355 g/mol. The summed E-state index contributed by atoms with van der Waals surface area (Å²) < 4.78 is 20.5. The maximum atomic E-state index is 12.9. The third-order valence-electron chi connectivity index (χ3n) is 3.92. The molecule has 7 heteroatoms. The van der Waals surface area contributed by atoms with Crippen LogP contribution in [0.25, 0.3) is 0 Å². The Morgan fingerprint density at radius 3 is 2.77 bits per heavy atom. The second-order valence-electron chi connectivity index (χ2n) is 6.00. The normalized spacial score (nSPS) is 10.7. The molecule has 3 aromatic rings. The summed E-state index contributed by atoms with van der Waals surface area (Å²) in [6, 6.07) is 14.1. The maximum Gasteiger partial charge on any atom is 0.243 e. The molecule has 6 nitrogen and oxygen atoms in total. The van der Waals surface area contributed by atoms with E-state index >= 15 is 0 Å². The number of hydrogen-bond donors (Lipinski definition) is 1. The minimum Gasteiger partial charge on any atom is -0.489 e. The zero-order valence-electron chi connectivity index (χ0n) is 14.7. The molecule has 0 aliphatic heterocycles. The molecule has 0 radical (unpaired) electrons. The molecule has 0 amide bonds. The van der Waals surface area contributed by atoms with Crippen LogP contribution in [0.15, 0.2) is 48.5 Å². The highest BCUT2D eigenvalue weighted by atomic mass is 19.1. The molecule has 0 atom stereocenters. The van der Waals surface area contributed by atoms with Gasteiger partial charge in [-0.05, 0) is 52.2 Å². The number of nitrogens with one attached hydrogen (secondary N) is 1. The van der Waals surface area contributed by atoms with E-state index in [4.69, 9.17) is 4.74 Å². The Morgan fingerprint density at radius 2 is 1.96 bits per heavy atom. The summed E-state index contributed by atoms with van der Waals surface area (Å²) in [5.41, 5.74) is 1.98. The van der Waals surface area contributed by atoms with Gasteiger partial charge in [-0.15, -0.1) is 0 Å². The van der Waals surface area contributed by atoms with Gasteiger partial charge in [0, 0.05) is 13.1 Å². The Kier molecular flexibility index (Phi) is 6.14. The number of hydrogen-bond acceptors (Lipinski definition) is 5. The average Bonchev–Trinajstić information content (AvgIpc) is 3.12. The average molecular weight is 355 g/mol. The van der Waals surface area contributed by atoms with Crippen LogP contribution in [0.4, 0.5) is 10.3 Å². The van der Waals surface area contributed by atoms with Crippen molar-refractivity contribution in [3.63, 3.8) is 0 Å². The van der Waals surface area contributed by atoms with E-state index in [0.717, 1.165) is 36.3 Å². The van der Waals surface area contributed by atoms with E-state index in [2.05, 4.69) is 27.8 Å². The van der Waals surface area contributed by atoms with Crippen LogP contribution in [-0.2, 0) is 19.7 Å².